The van der Waals surface area contributed by atoms with E-state index >= 15 is 0 Å². The predicted octanol–water partition coefficient (Wildman–Crippen LogP) is 4.50. The molecule has 200 valence electrons. The highest BCUT2D eigenvalue weighted by Gasteiger charge is 2.44. The van der Waals surface area contributed by atoms with E-state index in [2.05, 4.69) is 0 Å². The summed E-state index contributed by atoms with van der Waals surface area (Å²) in [4.78, 5) is 12.8. The molecule has 2 N–H and O–H groups in total. The van der Waals surface area contributed by atoms with Crippen LogP contribution in [0, 0.1) is 5.41 Å². The summed E-state index contributed by atoms with van der Waals surface area (Å²) in [5, 5.41) is 0. The second kappa shape index (κ2) is 14.2. The molecule has 0 spiro atoms. The summed E-state index contributed by atoms with van der Waals surface area (Å²) in [5.74, 6) is 0.650. The summed E-state index contributed by atoms with van der Waals surface area (Å²) in [6, 6.07) is 15.8. The quantitative estimate of drug-likeness (QED) is 0.279. The van der Waals surface area contributed by atoms with E-state index in [0.29, 0.717) is 45.6 Å². The lowest BCUT2D eigenvalue weighted by molar-refractivity contribution is -0.158. The van der Waals surface area contributed by atoms with E-state index < -0.39 is 15.4 Å². The second-order valence-corrected chi connectivity index (χ2v) is 11.0. The van der Waals surface area contributed by atoms with Gasteiger partial charge in [-0.05, 0) is 82.9 Å². The zero-order valence-corrected chi connectivity index (χ0v) is 22.6. The van der Waals surface area contributed by atoms with Crippen LogP contribution in [0.25, 0.3) is 0 Å². The van der Waals surface area contributed by atoms with Gasteiger partial charge in [0.25, 0.3) is 0 Å². The first-order valence-electron chi connectivity index (χ1n) is 12.4. The average Bonchev–Trinajstić information content (AvgIpc) is 2.87. The normalized spacial score (nSPS) is 15.6. The number of sulfonamides is 1. The first kappa shape index (κ1) is 29.6. The van der Waals surface area contributed by atoms with Crippen LogP contribution in [0.3, 0.4) is 0 Å². The molecule has 0 radical (unpaired) electrons. The Morgan fingerprint density at radius 2 is 1.67 bits per heavy atom. The highest BCUT2D eigenvalue weighted by atomic mass is 32.2. The van der Waals surface area contributed by atoms with E-state index in [1.165, 1.54) is 4.31 Å². The molecule has 0 aliphatic carbocycles. The van der Waals surface area contributed by atoms with Crippen molar-refractivity contribution >= 4 is 21.7 Å². The van der Waals surface area contributed by atoms with E-state index in [-0.39, 0.29) is 17.0 Å². The molecular weight excluding hydrogens is 480 g/mol. The summed E-state index contributed by atoms with van der Waals surface area (Å²) >= 11 is 0. The van der Waals surface area contributed by atoms with Crippen molar-refractivity contribution in [1.29, 1.82) is 0 Å². The minimum absolute atomic E-state index is 0.220. The minimum atomic E-state index is -3.52. The number of nitrogen functional groups attached to an aromatic ring is 1. The van der Waals surface area contributed by atoms with Crippen LogP contribution in [0.4, 0.5) is 5.69 Å². The molecule has 36 heavy (non-hydrogen) atoms. The van der Waals surface area contributed by atoms with Crippen LogP contribution in [0.1, 0.15) is 46.5 Å². The minimum Gasteiger partial charge on any atom is -0.491 e. The molecule has 8 nitrogen and oxygen atoms in total. The van der Waals surface area contributed by atoms with Crippen molar-refractivity contribution in [2.75, 3.05) is 39.1 Å². The zero-order chi connectivity index (χ0) is 26.6. The Labute approximate surface area is 215 Å². The molecule has 9 heteroatoms. The number of piperidine rings is 1. The van der Waals surface area contributed by atoms with Crippen molar-refractivity contribution in [2.45, 2.75) is 57.5 Å². The lowest BCUT2D eigenvalue weighted by atomic mass is 9.75. The monoisotopic (exact) mass is 520 g/mol. The molecule has 0 amide bonds. The van der Waals surface area contributed by atoms with Crippen molar-refractivity contribution in [3.05, 3.63) is 54.6 Å². The van der Waals surface area contributed by atoms with Crippen molar-refractivity contribution in [3.8, 4) is 5.75 Å². The molecule has 1 aliphatic heterocycles. The van der Waals surface area contributed by atoms with Crippen LogP contribution in [0.15, 0.2) is 59.5 Å². The number of anilines is 1. The lowest BCUT2D eigenvalue weighted by Gasteiger charge is -2.39. The predicted molar refractivity (Wildman–Crippen MR) is 141 cm³/mol. The van der Waals surface area contributed by atoms with Gasteiger partial charge in [0.2, 0.25) is 10.0 Å². The maximum absolute atomic E-state index is 12.7. The molecular formula is C27H40N2O6S. The van der Waals surface area contributed by atoms with Crippen LogP contribution >= 0.6 is 0 Å². The number of rotatable bonds is 10. The SMILES string of the molecule is CC(C)Oc1ccc(N)cc1.CCOC(=O)C1(CCCOC)CCN(S(=O)(=O)c2ccccc2)CC1. The van der Waals surface area contributed by atoms with Gasteiger partial charge in [-0.2, -0.15) is 4.31 Å². The third-order valence-electron chi connectivity index (χ3n) is 6.02. The molecule has 0 bridgehead atoms. The molecule has 1 fully saturated rings. The van der Waals surface area contributed by atoms with Crippen LogP contribution in [0.2, 0.25) is 0 Å². The van der Waals surface area contributed by atoms with Crippen molar-refractivity contribution in [1.82, 2.24) is 4.31 Å². The summed E-state index contributed by atoms with van der Waals surface area (Å²) in [6.45, 7) is 7.33. The van der Waals surface area contributed by atoms with Gasteiger partial charge in [0.15, 0.2) is 0 Å². The number of methoxy groups -OCH3 is 1. The summed E-state index contributed by atoms with van der Waals surface area (Å²) < 4.78 is 42.7. The molecule has 2 aromatic carbocycles. The number of nitrogens with two attached hydrogens (primary N) is 1. The first-order valence-corrected chi connectivity index (χ1v) is 13.8. The highest BCUT2D eigenvalue weighted by molar-refractivity contribution is 7.89. The number of hydrogen-bond acceptors (Lipinski definition) is 7. The highest BCUT2D eigenvalue weighted by Crippen LogP contribution is 2.39. The molecule has 0 atom stereocenters. The van der Waals surface area contributed by atoms with Gasteiger partial charge >= 0.3 is 5.97 Å². The smallest absolute Gasteiger partial charge is 0.312 e. The van der Waals surface area contributed by atoms with Gasteiger partial charge in [0.1, 0.15) is 5.75 Å². The summed E-state index contributed by atoms with van der Waals surface area (Å²) in [5.41, 5.74) is 5.65. The lowest BCUT2D eigenvalue weighted by Crippen LogP contribution is -2.47. The van der Waals surface area contributed by atoms with E-state index in [9.17, 15) is 13.2 Å². The molecule has 1 saturated heterocycles. The third-order valence-corrected chi connectivity index (χ3v) is 7.94. The van der Waals surface area contributed by atoms with Gasteiger partial charge in [0.05, 0.1) is 23.0 Å². The molecule has 1 aliphatic rings. The molecule has 1 heterocycles. The Bertz CT molecular complexity index is 1020. The number of benzene rings is 2. The van der Waals surface area contributed by atoms with Gasteiger partial charge in [0, 0.05) is 32.5 Å². The standard InChI is InChI=1S/C18H27NO5S.C9H13NO/c1-3-24-17(20)18(10-7-15-23-2)11-13-19(14-12-18)25(21,22)16-8-5-4-6-9-16;1-7(2)11-9-5-3-8(10)4-6-9/h4-6,8-9H,3,7,10-15H2,1-2H3;3-7H,10H2,1-2H3. The fourth-order valence-corrected chi connectivity index (χ4v) is 5.57. The van der Waals surface area contributed by atoms with Crippen molar-refractivity contribution < 1.29 is 27.4 Å². The number of carbonyl (C=O) groups excluding carboxylic acids is 1. The fourth-order valence-electron chi connectivity index (χ4n) is 4.11. The van der Waals surface area contributed by atoms with Gasteiger partial charge in [-0.3, -0.25) is 4.79 Å². The average molecular weight is 521 g/mol. The molecule has 0 unspecified atom stereocenters. The number of ether oxygens (including phenoxy) is 3. The number of carbonyl (C=O) groups is 1. The van der Waals surface area contributed by atoms with E-state index in [1.807, 2.05) is 38.1 Å². The maximum Gasteiger partial charge on any atom is 0.312 e. The number of esters is 1. The number of hydrogen-bond donors (Lipinski definition) is 1. The topological polar surface area (TPSA) is 108 Å². The van der Waals surface area contributed by atoms with E-state index in [0.717, 1.165) is 17.9 Å². The van der Waals surface area contributed by atoms with E-state index in [4.69, 9.17) is 19.9 Å². The van der Waals surface area contributed by atoms with Gasteiger partial charge in [-0.15, -0.1) is 0 Å². The second-order valence-electron chi connectivity index (χ2n) is 9.05. The molecule has 3 rings (SSSR count). The van der Waals surface area contributed by atoms with Crippen LogP contribution < -0.4 is 10.5 Å². The Morgan fingerprint density at radius 1 is 1.06 bits per heavy atom. The molecule has 2 aromatic rings. The van der Waals surface area contributed by atoms with E-state index in [1.54, 1.807) is 44.4 Å². The zero-order valence-electron chi connectivity index (χ0n) is 21.8. The first-order chi connectivity index (χ1) is 17.1. The Hall–Kier alpha value is -2.62. The summed E-state index contributed by atoms with van der Waals surface area (Å²) in [7, 11) is -1.89. The van der Waals surface area contributed by atoms with Crippen molar-refractivity contribution in [2.24, 2.45) is 5.41 Å². The van der Waals surface area contributed by atoms with Crippen LogP contribution in [-0.2, 0) is 24.3 Å². The van der Waals surface area contributed by atoms with Crippen LogP contribution in [0.5, 0.6) is 5.75 Å². The maximum atomic E-state index is 12.7. The van der Waals surface area contributed by atoms with Gasteiger partial charge in [-0.1, -0.05) is 18.2 Å². The third kappa shape index (κ3) is 8.50. The molecule has 0 aromatic heterocycles. The van der Waals surface area contributed by atoms with Crippen molar-refractivity contribution in [3.63, 3.8) is 0 Å². The Morgan fingerprint density at radius 3 is 2.19 bits per heavy atom. The fraction of sp³-hybridized carbons (Fsp3) is 0.519. The Kier molecular flexibility index (Phi) is 11.7. The van der Waals surface area contributed by atoms with Gasteiger partial charge in [-0.25, -0.2) is 8.42 Å². The number of nitrogens with zero attached hydrogens (tertiary/aromatic N) is 1. The van der Waals surface area contributed by atoms with Crippen LogP contribution in [-0.4, -0.2) is 58.2 Å². The summed E-state index contributed by atoms with van der Waals surface area (Å²) in [6.07, 6.45) is 2.57. The van der Waals surface area contributed by atoms with Gasteiger partial charge < -0.3 is 19.9 Å². The largest absolute Gasteiger partial charge is 0.491 e. The molecule has 0 saturated carbocycles. The Balaban J connectivity index is 0.000000346.